The minimum atomic E-state index is 0.138. The largest absolute Gasteiger partial charge is 0.496 e. The summed E-state index contributed by atoms with van der Waals surface area (Å²) in [5.74, 6) is 0.921. The van der Waals surface area contributed by atoms with Crippen molar-refractivity contribution >= 4 is 5.69 Å². The molecule has 0 saturated carbocycles. The van der Waals surface area contributed by atoms with Crippen molar-refractivity contribution in [3.05, 3.63) is 23.8 Å². The minimum absolute atomic E-state index is 0.138. The van der Waals surface area contributed by atoms with Gasteiger partial charge in [0.2, 0.25) is 0 Å². The lowest BCUT2D eigenvalue weighted by molar-refractivity contribution is 0.122. The summed E-state index contributed by atoms with van der Waals surface area (Å²) < 4.78 is 10.8. The third-order valence-electron chi connectivity index (χ3n) is 3.18. The van der Waals surface area contributed by atoms with Crippen LogP contribution in [0.4, 0.5) is 5.69 Å². The molecule has 1 heterocycles. The molecule has 4 nitrogen and oxygen atoms in total. The van der Waals surface area contributed by atoms with Crippen LogP contribution in [0.1, 0.15) is 12.5 Å². The van der Waals surface area contributed by atoms with Crippen LogP contribution in [0.3, 0.4) is 0 Å². The Hall–Kier alpha value is -1.26. The first-order valence-electron chi connectivity index (χ1n) is 6.46. The number of benzene rings is 1. The molecule has 100 valence electrons. The standard InChI is InChI=1S/C14H22N2O2/c1-11(15)9-12-10-13(3-4-14(12)17-2)16-5-7-18-8-6-16/h3-4,10-11H,5-9,15H2,1-2H3. The zero-order valence-electron chi connectivity index (χ0n) is 11.2. The third-order valence-corrected chi connectivity index (χ3v) is 3.18. The number of rotatable bonds is 4. The normalized spacial score (nSPS) is 17.6. The van der Waals surface area contributed by atoms with Gasteiger partial charge in [-0.05, 0) is 37.1 Å². The van der Waals surface area contributed by atoms with Gasteiger partial charge < -0.3 is 20.1 Å². The van der Waals surface area contributed by atoms with E-state index in [9.17, 15) is 0 Å². The molecule has 1 saturated heterocycles. The number of hydrogen-bond acceptors (Lipinski definition) is 4. The smallest absolute Gasteiger partial charge is 0.122 e. The molecule has 1 fully saturated rings. The van der Waals surface area contributed by atoms with E-state index >= 15 is 0 Å². The molecular formula is C14H22N2O2. The van der Waals surface area contributed by atoms with Gasteiger partial charge in [-0.3, -0.25) is 0 Å². The van der Waals surface area contributed by atoms with Gasteiger partial charge in [-0.1, -0.05) is 0 Å². The van der Waals surface area contributed by atoms with Crippen molar-refractivity contribution in [1.82, 2.24) is 0 Å². The Balaban J connectivity index is 2.20. The summed E-state index contributed by atoms with van der Waals surface area (Å²) in [5, 5.41) is 0. The maximum absolute atomic E-state index is 5.89. The van der Waals surface area contributed by atoms with Crippen molar-refractivity contribution < 1.29 is 9.47 Å². The van der Waals surface area contributed by atoms with Gasteiger partial charge in [-0.25, -0.2) is 0 Å². The molecule has 0 radical (unpaired) electrons. The highest BCUT2D eigenvalue weighted by Crippen LogP contribution is 2.26. The van der Waals surface area contributed by atoms with Crippen LogP contribution in [-0.2, 0) is 11.2 Å². The van der Waals surface area contributed by atoms with Crippen molar-refractivity contribution in [2.45, 2.75) is 19.4 Å². The first kappa shape index (κ1) is 13.2. The number of methoxy groups -OCH3 is 1. The molecule has 1 atom stereocenters. The van der Waals surface area contributed by atoms with Crippen molar-refractivity contribution in [3.63, 3.8) is 0 Å². The summed E-state index contributed by atoms with van der Waals surface area (Å²) in [7, 11) is 1.70. The summed E-state index contributed by atoms with van der Waals surface area (Å²) in [5.41, 5.74) is 8.30. The van der Waals surface area contributed by atoms with Crippen molar-refractivity contribution in [1.29, 1.82) is 0 Å². The summed E-state index contributed by atoms with van der Waals surface area (Å²) in [6, 6.07) is 6.46. The topological polar surface area (TPSA) is 47.7 Å². The van der Waals surface area contributed by atoms with Crippen LogP contribution in [-0.4, -0.2) is 39.5 Å². The van der Waals surface area contributed by atoms with Crippen LogP contribution < -0.4 is 15.4 Å². The van der Waals surface area contributed by atoms with E-state index in [1.165, 1.54) is 11.3 Å². The van der Waals surface area contributed by atoms with Crippen LogP contribution in [0.5, 0.6) is 5.75 Å². The predicted octanol–water partition coefficient (Wildman–Crippen LogP) is 1.42. The first-order chi connectivity index (χ1) is 8.70. The van der Waals surface area contributed by atoms with Crippen LogP contribution in [0.25, 0.3) is 0 Å². The highest BCUT2D eigenvalue weighted by molar-refractivity contribution is 5.53. The van der Waals surface area contributed by atoms with Gasteiger partial charge in [0.15, 0.2) is 0 Å². The molecule has 4 heteroatoms. The fourth-order valence-electron chi connectivity index (χ4n) is 2.29. The average molecular weight is 250 g/mol. The van der Waals surface area contributed by atoms with E-state index in [2.05, 4.69) is 17.0 Å². The fourth-order valence-corrected chi connectivity index (χ4v) is 2.29. The Morgan fingerprint density at radius 3 is 2.72 bits per heavy atom. The van der Waals surface area contributed by atoms with Gasteiger partial charge in [0.05, 0.1) is 20.3 Å². The maximum atomic E-state index is 5.89. The quantitative estimate of drug-likeness (QED) is 0.878. The monoisotopic (exact) mass is 250 g/mol. The van der Waals surface area contributed by atoms with Gasteiger partial charge in [0.25, 0.3) is 0 Å². The Morgan fingerprint density at radius 1 is 1.39 bits per heavy atom. The molecule has 2 rings (SSSR count). The number of ether oxygens (including phenoxy) is 2. The molecule has 0 spiro atoms. The Labute approximate surface area is 109 Å². The first-order valence-corrected chi connectivity index (χ1v) is 6.46. The Morgan fingerprint density at radius 2 is 2.11 bits per heavy atom. The lowest BCUT2D eigenvalue weighted by Gasteiger charge is -2.29. The summed E-state index contributed by atoms with van der Waals surface area (Å²) in [6.45, 7) is 5.51. The summed E-state index contributed by atoms with van der Waals surface area (Å²) >= 11 is 0. The highest BCUT2D eigenvalue weighted by atomic mass is 16.5. The SMILES string of the molecule is COc1ccc(N2CCOCC2)cc1CC(C)N. The lowest BCUT2D eigenvalue weighted by Crippen LogP contribution is -2.36. The van der Waals surface area contributed by atoms with E-state index < -0.39 is 0 Å². The van der Waals surface area contributed by atoms with Gasteiger partial charge in [0, 0.05) is 24.8 Å². The lowest BCUT2D eigenvalue weighted by atomic mass is 10.1. The molecule has 2 N–H and O–H groups in total. The van der Waals surface area contributed by atoms with Crippen LogP contribution in [0.15, 0.2) is 18.2 Å². The van der Waals surface area contributed by atoms with Crippen molar-refractivity contribution in [2.75, 3.05) is 38.3 Å². The summed E-state index contributed by atoms with van der Waals surface area (Å²) in [6.07, 6.45) is 0.835. The average Bonchev–Trinajstić information content (AvgIpc) is 2.39. The van der Waals surface area contributed by atoms with Gasteiger partial charge >= 0.3 is 0 Å². The van der Waals surface area contributed by atoms with E-state index in [-0.39, 0.29) is 6.04 Å². The van der Waals surface area contributed by atoms with E-state index in [1.54, 1.807) is 7.11 Å². The second kappa shape index (κ2) is 6.07. The molecule has 0 bridgehead atoms. The molecule has 1 aromatic carbocycles. The molecule has 0 aromatic heterocycles. The zero-order chi connectivity index (χ0) is 13.0. The number of nitrogens with two attached hydrogens (primary N) is 1. The van der Waals surface area contributed by atoms with Crippen LogP contribution >= 0.6 is 0 Å². The van der Waals surface area contributed by atoms with Gasteiger partial charge in [-0.2, -0.15) is 0 Å². The number of hydrogen-bond donors (Lipinski definition) is 1. The van der Waals surface area contributed by atoms with E-state index in [0.29, 0.717) is 0 Å². The minimum Gasteiger partial charge on any atom is -0.496 e. The number of anilines is 1. The van der Waals surface area contributed by atoms with Crippen molar-refractivity contribution in [2.24, 2.45) is 5.73 Å². The fraction of sp³-hybridized carbons (Fsp3) is 0.571. The molecule has 1 aliphatic heterocycles. The predicted molar refractivity (Wildman–Crippen MR) is 73.4 cm³/mol. The second-order valence-electron chi connectivity index (χ2n) is 4.78. The molecule has 18 heavy (non-hydrogen) atoms. The van der Waals surface area contributed by atoms with Crippen molar-refractivity contribution in [3.8, 4) is 5.75 Å². The Bertz CT molecular complexity index is 387. The second-order valence-corrected chi connectivity index (χ2v) is 4.78. The molecule has 1 aliphatic rings. The molecule has 1 unspecified atom stereocenters. The summed E-state index contributed by atoms with van der Waals surface area (Å²) in [4.78, 5) is 2.34. The van der Waals surface area contributed by atoms with E-state index in [4.69, 9.17) is 15.2 Å². The molecule has 0 amide bonds. The van der Waals surface area contributed by atoms with Crippen LogP contribution in [0, 0.1) is 0 Å². The number of morpholine rings is 1. The molecule has 0 aliphatic carbocycles. The highest BCUT2D eigenvalue weighted by Gasteiger charge is 2.14. The van der Waals surface area contributed by atoms with Gasteiger partial charge in [-0.15, -0.1) is 0 Å². The molecular weight excluding hydrogens is 228 g/mol. The van der Waals surface area contributed by atoms with E-state index in [1.807, 2.05) is 13.0 Å². The Kier molecular flexibility index (Phi) is 4.44. The number of nitrogens with zero attached hydrogens (tertiary/aromatic N) is 1. The van der Waals surface area contributed by atoms with Gasteiger partial charge in [0.1, 0.15) is 5.75 Å². The molecule has 1 aromatic rings. The third kappa shape index (κ3) is 3.15. The van der Waals surface area contributed by atoms with E-state index in [0.717, 1.165) is 38.5 Å². The zero-order valence-corrected chi connectivity index (χ0v) is 11.2. The van der Waals surface area contributed by atoms with Crippen LogP contribution in [0.2, 0.25) is 0 Å². The maximum Gasteiger partial charge on any atom is 0.122 e.